The molecule has 8 nitrogen and oxygen atoms in total. The van der Waals surface area contributed by atoms with E-state index in [9.17, 15) is 9.59 Å². The van der Waals surface area contributed by atoms with Gasteiger partial charge in [-0.25, -0.2) is 4.57 Å². The first kappa shape index (κ1) is 25.0. The molecule has 0 fully saturated rings. The van der Waals surface area contributed by atoms with Gasteiger partial charge < -0.3 is 24.2 Å². The zero-order valence-corrected chi connectivity index (χ0v) is 14.3. The smallest absolute Gasteiger partial charge is 0.463 e. The molecule has 0 aromatic rings. The lowest BCUT2D eigenvalue weighted by Gasteiger charge is -2.04. The molecule has 0 aromatic heterocycles. The van der Waals surface area contributed by atoms with E-state index < -0.39 is 7.82 Å². The average Bonchev–Trinajstić information content (AvgIpc) is 2.25. The summed E-state index contributed by atoms with van der Waals surface area (Å²) in [6.07, 6.45) is 1.00. The van der Waals surface area contributed by atoms with E-state index in [0.717, 1.165) is 0 Å². The molecule has 21 heavy (non-hydrogen) atoms. The Kier molecular flexibility index (Phi) is 16.7. The number of carbonyl (C=O) groups is 2. The summed E-state index contributed by atoms with van der Waals surface area (Å²) in [5, 5.41) is 0. The Morgan fingerprint density at radius 1 is 0.857 bits per heavy atom. The Morgan fingerprint density at radius 2 is 1.05 bits per heavy atom. The molecule has 0 spiro atoms. The number of carbonyl (C=O) groups excluding carboxylic acids is 2. The molecule has 0 atom stereocenters. The van der Waals surface area contributed by atoms with Gasteiger partial charge in [-0.05, 0) is 27.7 Å². The summed E-state index contributed by atoms with van der Waals surface area (Å²) < 4.78 is 18.4. The third-order valence-corrected chi connectivity index (χ3v) is 1.31. The molecule has 128 valence electrons. The van der Waals surface area contributed by atoms with Gasteiger partial charge in [0.1, 0.15) is 0 Å². The molecule has 0 rings (SSSR count). The summed E-state index contributed by atoms with van der Waals surface area (Å²) in [6, 6.07) is 0. The molecular formula is C12H27O8P. The molecule has 0 saturated carbocycles. The first-order chi connectivity index (χ1) is 9.33. The maximum atomic E-state index is 10.4. The summed E-state index contributed by atoms with van der Waals surface area (Å²) in [6.45, 7) is 10.9. The van der Waals surface area contributed by atoms with Crippen LogP contribution in [-0.2, 0) is 23.6 Å². The van der Waals surface area contributed by atoms with Gasteiger partial charge in [-0.1, -0.05) is 13.8 Å². The summed E-state index contributed by atoms with van der Waals surface area (Å²) in [5.41, 5.74) is 0. The van der Waals surface area contributed by atoms with E-state index in [2.05, 4.69) is 0 Å². The Bertz CT molecular complexity index is 291. The standard InChI is InChI=1S/2C6H12O2.H3O4P/c2*1-4-6(7)8-5(2)3;1-5(2,3)4/h2*5H,4H2,1-3H3;(H3,1,2,3,4). The van der Waals surface area contributed by atoms with Gasteiger partial charge in [-0.2, -0.15) is 0 Å². The third-order valence-electron chi connectivity index (χ3n) is 1.31. The number of hydrogen-bond donors (Lipinski definition) is 3. The quantitative estimate of drug-likeness (QED) is 0.525. The van der Waals surface area contributed by atoms with Crippen molar-refractivity contribution in [1.82, 2.24) is 0 Å². The number of phosphoric acid groups is 1. The Labute approximate surface area is 125 Å². The molecular weight excluding hydrogens is 303 g/mol. The van der Waals surface area contributed by atoms with Crippen molar-refractivity contribution in [2.75, 3.05) is 0 Å². The predicted octanol–water partition coefficient (Wildman–Crippen LogP) is 1.77. The molecule has 0 aliphatic rings. The highest BCUT2D eigenvalue weighted by Gasteiger charge is 2.00. The summed E-state index contributed by atoms with van der Waals surface area (Å²) in [4.78, 5) is 42.4. The zero-order valence-electron chi connectivity index (χ0n) is 13.4. The highest BCUT2D eigenvalue weighted by molar-refractivity contribution is 7.45. The fourth-order valence-electron chi connectivity index (χ4n) is 0.692. The van der Waals surface area contributed by atoms with Crippen LogP contribution in [0.2, 0.25) is 0 Å². The van der Waals surface area contributed by atoms with Crippen molar-refractivity contribution in [3.8, 4) is 0 Å². The molecule has 0 aliphatic carbocycles. The van der Waals surface area contributed by atoms with Crippen molar-refractivity contribution >= 4 is 19.8 Å². The van der Waals surface area contributed by atoms with Gasteiger partial charge in [0, 0.05) is 12.8 Å². The minimum Gasteiger partial charge on any atom is -0.463 e. The van der Waals surface area contributed by atoms with E-state index in [0.29, 0.717) is 12.8 Å². The molecule has 0 aliphatic heterocycles. The van der Waals surface area contributed by atoms with Crippen molar-refractivity contribution in [3.05, 3.63) is 0 Å². The summed E-state index contributed by atoms with van der Waals surface area (Å²) in [5.74, 6) is -0.250. The van der Waals surface area contributed by atoms with Crippen molar-refractivity contribution < 1.29 is 38.3 Å². The second kappa shape index (κ2) is 14.0. The number of ether oxygens (including phenoxy) is 2. The Balaban J connectivity index is -0.000000239. The number of rotatable bonds is 4. The van der Waals surface area contributed by atoms with Crippen molar-refractivity contribution in [3.63, 3.8) is 0 Å². The molecule has 3 N–H and O–H groups in total. The van der Waals surface area contributed by atoms with Crippen LogP contribution in [0.15, 0.2) is 0 Å². The van der Waals surface area contributed by atoms with E-state index in [1.165, 1.54) is 0 Å². The fourth-order valence-corrected chi connectivity index (χ4v) is 0.692. The minimum absolute atomic E-state index is 0.0300. The number of hydrogen-bond acceptors (Lipinski definition) is 5. The maximum Gasteiger partial charge on any atom is 0.466 e. The van der Waals surface area contributed by atoms with Crippen LogP contribution in [0.5, 0.6) is 0 Å². The topological polar surface area (TPSA) is 130 Å². The molecule has 0 radical (unpaired) electrons. The molecule has 0 bridgehead atoms. The van der Waals surface area contributed by atoms with Crippen LogP contribution < -0.4 is 0 Å². The molecule has 0 unspecified atom stereocenters. The fraction of sp³-hybridized carbons (Fsp3) is 0.833. The Morgan fingerprint density at radius 3 is 1.10 bits per heavy atom. The summed E-state index contributed by atoms with van der Waals surface area (Å²) in [7, 11) is -4.64. The lowest BCUT2D eigenvalue weighted by atomic mass is 10.4. The van der Waals surface area contributed by atoms with Gasteiger partial charge in [-0.3, -0.25) is 9.59 Å². The van der Waals surface area contributed by atoms with Gasteiger partial charge in [0.2, 0.25) is 0 Å². The van der Waals surface area contributed by atoms with E-state index in [1.54, 1.807) is 13.8 Å². The van der Waals surface area contributed by atoms with Gasteiger partial charge >= 0.3 is 19.8 Å². The first-order valence-electron chi connectivity index (χ1n) is 6.50. The maximum absolute atomic E-state index is 10.4. The van der Waals surface area contributed by atoms with Crippen molar-refractivity contribution in [2.45, 2.75) is 66.6 Å². The van der Waals surface area contributed by atoms with Crippen LogP contribution in [0.1, 0.15) is 54.4 Å². The average molecular weight is 330 g/mol. The predicted molar refractivity (Wildman–Crippen MR) is 77.3 cm³/mol. The number of esters is 2. The molecule has 0 amide bonds. The van der Waals surface area contributed by atoms with Gasteiger partial charge in [0.05, 0.1) is 12.2 Å². The van der Waals surface area contributed by atoms with E-state index >= 15 is 0 Å². The molecule has 0 saturated heterocycles. The second-order valence-corrected chi connectivity index (χ2v) is 5.32. The van der Waals surface area contributed by atoms with E-state index in [4.69, 9.17) is 28.7 Å². The van der Waals surface area contributed by atoms with Gasteiger partial charge in [0.15, 0.2) is 0 Å². The normalized spacial score (nSPS) is 10.0. The second-order valence-electron chi connectivity index (χ2n) is 4.30. The van der Waals surface area contributed by atoms with E-state index in [1.807, 2.05) is 27.7 Å². The van der Waals surface area contributed by atoms with Crippen LogP contribution in [-0.4, -0.2) is 38.8 Å². The van der Waals surface area contributed by atoms with Crippen LogP contribution in [0.3, 0.4) is 0 Å². The van der Waals surface area contributed by atoms with Crippen molar-refractivity contribution in [2.24, 2.45) is 0 Å². The highest BCUT2D eigenvalue weighted by atomic mass is 31.2. The SMILES string of the molecule is CCC(=O)OC(C)C.CCC(=O)OC(C)C.O=P(O)(O)O. The first-order valence-corrected chi connectivity index (χ1v) is 8.07. The van der Waals surface area contributed by atoms with Crippen LogP contribution >= 0.6 is 7.82 Å². The van der Waals surface area contributed by atoms with Crippen LogP contribution in [0.4, 0.5) is 0 Å². The van der Waals surface area contributed by atoms with Gasteiger partial charge in [-0.15, -0.1) is 0 Å². The summed E-state index contributed by atoms with van der Waals surface area (Å²) >= 11 is 0. The largest absolute Gasteiger partial charge is 0.466 e. The lowest BCUT2D eigenvalue weighted by molar-refractivity contribution is -0.147. The van der Waals surface area contributed by atoms with E-state index in [-0.39, 0.29) is 24.1 Å². The lowest BCUT2D eigenvalue weighted by Crippen LogP contribution is -2.09. The van der Waals surface area contributed by atoms with Crippen LogP contribution in [0.25, 0.3) is 0 Å². The Hall–Kier alpha value is -0.950. The molecule has 0 aromatic carbocycles. The molecule has 0 heterocycles. The monoisotopic (exact) mass is 330 g/mol. The third kappa shape index (κ3) is 45.4. The van der Waals surface area contributed by atoms with Crippen LogP contribution in [0, 0.1) is 0 Å². The minimum atomic E-state index is -4.64. The zero-order chi connectivity index (χ0) is 17.6. The van der Waals surface area contributed by atoms with Gasteiger partial charge in [0.25, 0.3) is 0 Å². The highest BCUT2D eigenvalue weighted by Crippen LogP contribution is 2.25. The van der Waals surface area contributed by atoms with Crippen molar-refractivity contribution in [1.29, 1.82) is 0 Å². The molecule has 9 heteroatoms.